The van der Waals surface area contributed by atoms with Crippen molar-refractivity contribution in [1.29, 1.82) is 0 Å². The molecule has 2 atom stereocenters. The van der Waals surface area contributed by atoms with Crippen molar-refractivity contribution in [3.8, 4) is 0 Å². The standard InChI is InChI=1S/C20H28O4/c1-20(2)23-15-17(13-7-4-5-10-14-18(21)22-3)19(24-20)16-11-8-6-9-12-16/h4,6-9,11-12,17,19H,5,10,13-15H2,1-3H3/t17-,19-/m1/s1. The lowest BCUT2D eigenvalue weighted by atomic mass is 9.91. The highest BCUT2D eigenvalue weighted by molar-refractivity contribution is 5.69. The van der Waals surface area contributed by atoms with E-state index in [1.54, 1.807) is 0 Å². The molecule has 0 N–H and O–H groups in total. The number of hydrogen-bond donors (Lipinski definition) is 0. The molecule has 0 aromatic heterocycles. The van der Waals surface area contributed by atoms with E-state index in [0.29, 0.717) is 13.0 Å². The van der Waals surface area contributed by atoms with E-state index in [2.05, 4.69) is 29.0 Å². The lowest BCUT2D eigenvalue weighted by Crippen LogP contribution is -2.41. The average Bonchev–Trinajstić information content (AvgIpc) is 2.59. The van der Waals surface area contributed by atoms with E-state index in [1.165, 1.54) is 12.7 Å². The SMILES string of the molecule is COC(=O)CCCC=CC[C@@H]1COC(C)(C)O[C@@H]1c1ccccc1. The largest absolute Gasteiger partial charge is 0.469 e. The van der Waals surface area contributed by atoms with Crippen LogP contribution in [-0.4, -0.2) is 25.5 Å². The summed E-state index contributed by atoms with van der Waals surface area (Å²) in [6.45, 7) is 4.60. The topological polar surface area (TPSA) is 44.8 Å². The molecule has 0 bridgehead atoms. The average molecular weight is 332 g/mol. The first-order valence-corrected chi connectivity index (χ1v) is 8.60. The van der Waals surface area contributed by atoms with Crippen LogP contribution in [0.1, 0.15) is 51.2 Å². The molecular weight excluding hydrogens is 304 g/mol. The van der Waals surface area contributed by atoms with Crippen LogP contribution >= 0.6 is 0 Å². The molecule has 1 aromatic carbocycles. The number of carbonyl (C=O) groups is 1. The van der Waals surface area contributed by atoms with Crippen LogP contribution in [0.15, 0.2) is 42.5 Å². The molecule has 4 heteroatoms. The molecule has 1 saturated heterocycles. The fourth-order valence-corrected chi connectivity index (χ4v) is 2.86. The molecule has 1 heterocycles. The third kappa shape index (κ3) is 5.77. The van der Waals surface area contributed by atoms with E-state index in [4.69, 9.17) is 9.47 Å². The Labute approximate surface area is 144 Å². The van der Waals surface area contributed by atoms with Gasteiger partial charge in [-0.15, -0.1) is 0 Å². The van der Waals surface area contributed by atoms with Gasteiger partial charge in [-0.3, -0.25) is 4.79 Å². The zero-order chi connectivity index (χ0) is 17.4. The molecule has 0 spiro atoms. The van der Waals surface area contributed by atoms with Crippen LogP contribution in [0.3, 0.4) is 0 Å². The van der Waals surface area contributed by atoms with Crippen LogP contribution < -0.4 is 0 Å². The molecular formula is C20H28O4. The van der Waals surface area contributed by atoms with Crippen LogP contribution in [0.5, 0.6) is 0 Å². The molecule has 4 nitrogen and oxygen atoms in total. The molecule has 0 unspecified atom stereocenters. The molecule has 1 aliphatic rings. The third-order valence-corrected chi connectivity index (χ3v) is 4.20. The Kier molecular flexibility index (Phi) is 7.00. The first-order chi connectivity index (χ1) is 11.5. The number of methoxy groups -OCH3 is 1. The zero-order valence-corrected chi connectivity index (χ0v) is 14.9. The number of ether oxygens (including phenoxy) is 3. The first kappa shape index (κ1) is 18.7. The zero-order valence-electron chi connectivity index (χ0n) is 14.9. The number of unbranched alkanes of at least 4 members (excludes halogenated alkanes) is 1. The number of carbonyl (C=O) groups excluding carboxylic acids is 1. The van der Waals surface area contributed by atoms with Crippen LogP contribution in [0.4, 0.5) is 0 Å². The second-order valence-corrected chi connectivity index (χ2v) is 6.60. The summed E-state index contributed by atoms with van der Waals surface area (Å²) in [5.74, 6) is -0.414. The van der Waals surface area contributed by atoms with Gasteiger partial charge in [0.2, 0.25) is 0 Å². The minimum absolute atomic E-state index is 0.0367. The molecule has 132 valence electrons. The van der Waals surface area contributed by atoms with Crippen molar-refractivity contribution < 1.29 is 19.0 Å². The molecule has 0 amide bonds. The molecule has 1 fully saturated rings. The number of esters is 1. The Hall–Kier alpha value is -1.65. The fourth-order valence-electron chi connectivity index (χ4n) is 2.86. The van der Waals surface area contributed by atoms with Gasteiger partial charge in [0.05, 0.1) is 19.8 Å². The van der Waals surface area contributed by atoms with Crippen molar-refractivity contribution in [2.45, 2.75) is 51.4 Å². The Morgan fingerprint density at radius 2 is 2.04 bits per heavy atom. The quantitative estimate of drug-likeness (QED) is 0.421. The van der Waals surface area contributed by atoms with E-state index in [1.807, 2.05) is 32.0 Å². The molecule has 1 aliphatic heterocycles. The van der Waals surface area contributed by atoms with Gasteiger partial charge in [-0.1, -0.05) is 42.5 Å². The highest BCUT2D eigenvalue weighted by atomic mass is 16.7. The summed E-state index contributed by atoms with van der Waals surface area (Å²) in [5, 5.41) is 0. The van der Waals surface area contributed by atoms with Crippen molar-refractivity contribution >= 4 is 5.97 Å². The molecule has 24 heavy (non-hydrogen) atoms. The van der Waals surface area contributed by atoms with Crippen molar-refractivity contribution in [3.05, 3.63) is 48.0 Å². The first-order valence-electron chi connectivity index (χ1n) is 8.60. The molecule has 0 aliphatic carbocycles. The minimum Gasteiger partial charge on any atom is -0.469 e. The van der Waals surface area contributed by atoms with Gasteiger partial charge in [-0.2, -0.15) is 0 Å². The summed E-state index contributed by atoms with van der Waals surface area (Å²) >= 11 is 0. The molecule has 0 radical (unpaired) electrons. The molecule has 2 rings (SSSR count). The van der Waals surface area contributed by atoms with Crippen molar-refractivity contribution in [3.63, 3.8) is 0 Å². The van der Waals surface area contributed by atoms with Gasteiger partial charge in [0.15, 0.2) is 5.79 Å². The second-order valence-electron chi connectivity index (χ2n) is 6.60. The van der Waals surface area contributed by atoms with E-state index in [0.717, 1.165) is 19.3 Å². The maximum atomic E-state index is 11.1. The van der Waals surface area contributed by atoms with Crippen molar-refractivity contribution in [2.24, 2.45) is 5.92 Å². The van der Waals surface area contributed by atoms with Gasteiger partial charge in [-0.05, 0) is 38.7 Å². The summed E-state index contributed by atoms with van der Waals surface area (Å²) in [7, 11) is 1.42. The van der Waals surface area contributed by atoms with Gasteiger partial charge in [-0.25, -0.2) is 0 Å². The van der Waals surface area contributed by atoms with Crippen LogP contribution in [0.2, 0.25) is 0 Å². The number of hydrogen-bond acceptors (Lipinski definition) is 4. The highest BCUT2D eigenvalue weighted by Gasteiger charge is 2.36. The van der Waals surface area contributed by atoms with E-state index >= 15 is 0 Å². The predicted molar refractivity (Wildman–Crippen MR) is 93.4 cm³/mol. The van der Waals surface area contributed by atoms with E-state index in [9.17, 15) is 4.79 Å². The fraction of sp³-hybridized carbons (Fsp3) is 0.550. The summed E-state index contributed by atoms with van der Waals surface area (Å²) in [6, 6.07) is 10.3. The Morgan fingerprint density at radius 3 is 2.75 bits per heavy atom. The Morgan fingerprint density at radius 1 is 1.29 bits per heavy atom. The van der Waals surface area contributed by atoms with Gasteiger partial charge < -0.3 is 14.2 Å². The lowest BCUT2D eigenvalue weighted by Gasteiger charge is -2.41. The number of benzene rings is 1. The minimum atomic E-state index is -0.554. The van der Waals surface area contributed by atoms with Gasteiger partial charge >= 0.3 is 5.97 Å². The van der Waals surface area contributed by atoms with Crippen LogP contribution in [0.25, 0.3) is 0 Å². The summed E-state index contributed by atoms with van der Waals surface area (Å²) < 4.78 is 16.7. The van der Waals surface area contributed by atoms with Crippen LogP contribution in [-0.2, 0) is 19.0 Å². The van der Waals surface area contributed by atoms with E-state index in [-0.39, 0.29) is 18.0 Å². The summed E-state index contributed by atoms with van der Waals surface area (Å²) in [4.78, 5) is 11.1. The van der Waals surface area contributed by atoms with Crippen molar-refractivity contribution in [2.75, 3.05) is 13.7 Å². The normalized spacial score (nSPS) is 23.3. The van der Waals surface area contributed by atoms with E-state index < -0.39 is 5.79 Å². The van der Waals surface area contributed by atoms with Crippen LogP contribution in [0, 0.1) is 5.92 Å². The Bertz CT molecular complexity index is 536. The highest BCUT2D eigenvalue weighted by Crippen LogP contribution is 2.38. The molecule has 0 saturated carbocycles. The lowest BCUT2D eigenvalue weighted by molar-refractivity contribution is -0.295. The van der Waals surface area contributed by atoms with Gasteiger partial charge in [0.25, 0.3) is 0 Å². The van der Waals surface area contributed by atoms with Gasteiger partial charge in [0, 0.05) is 12.3 Å². The Balaban J connectivity index is 1.89. The number of allylic oxidation sites excluding steroid dienone is 2. The third-order valence-electron chi connectivity index (χ3n) is 4.20. The predicted octanol–water partition coefficient (Wildman–Crippen LogP) is 4.42. The summed E-state index contributed by atoms with van der Waals surface area (Å²) in [6.07, 6.45) is 7.40. The smallest absolute Gasteiger partial charge is 0.305 e. The summed E-state index contributed by atoms with van der Waals surface area (Å²) in [5.41, 5.74) is 1.19. The van der Waals surface area contributed by atoms with Gasteiger partial charge in [0.1, 0.15) is 0 Å². The van der Waals surface area contributed by atoms with Crippen molar-refractivity contribution in [1.82, 2.24) is 0 Å². The maximum Gasteiger partial charge on any atom is 0.305 e. The monoisotopic (exact) mass is 332 g/mol. The molecule has 1 aromatic rings. The second kappa shape index (κ2) is 9.00. The maximum absolute atomic E-state index is 11.1. The number of rotatable bonds is 7.